The van der Waals surface area contributed by atoms with Crippen molar-refractivity contribution in [2.45, 2.75) is 56.8 Å². The fraction of sp³-hybridized carbons (Fsp3) is 0.429. The predicted molar refractivity (Wildman–Crippen MR) is 120 cm³/mol. The third-order valence-corrected chi connectivity index (χ3v) is 4.78. The van der Waals surface area contributed by atoms with Gasteiger partial charge in [-0.05, 0) is 31.0 Å². The molecule has 0 saturated heterocycles. The van der Waals surface area contributed by atoms with Gasteiger partial charge in [-0.2, -0.15) is 0 Å². The van der Waals surface area contributed by atoms with Crippen molar-refractivity contribution >= 4 is 35.6 Å². The number of benzene rings is 1. The molecule has 0 heterocycles. The van der Waals surface area contributed by atoms with Gasteiger partial charge in [0.15, 0.2) is 0 Å². The number of aromatic hydroxyl groups is 1. The average molecular weight is 495 g/mol. The van der Waals surface area contributed by atoms with Crippen LogP contribution in [0.3, 0.4) is 0 Å². The van der Waals surface area contributed by atoms with Gasteiger partial charge in [0.05, 0.1) is 12.5 Å². The molecule has 4 unspecified atom stereocenters. The van der Waals surface area contributed by atoms with Crippen molar-refractivity contribution in [3.63, 3.8) is 0 Å². The van der Waals surface area contributed by atoms with Gasteiger partial charge < -0.3 is 42.7 Å². The van der Waals surface area contributed by atoms with E-state index in [9.17, 15) is 33.9 Å². The van der Waals surface area contributed by atoms with Gasteiger partial charge in [-0.1, -0.05) is 12.1 Å². The summed E-state index contributed by atoms with van der Waals surface area (Å²) >= 11 is 0. The van der Waals surface area contributed by atoms with E-state index in [1.54, 1.807) is 0 Å². The first-order valence-corrected chi connectivity index (χ1v) is 10.5. The molecule has 1 aromatic carbocycles. The lowest BCUT2D eigenvalue weighted by molar-refractivity contribution is -0.142. The number of carbonyl (C=O) groups excluding carboxylic acids is 4. The Kier molecular flexibility index (Phi) is 11.1. The number of hydrogen-bond acceptors (Lipinski definition) is 8. The molecule has 0 aromatic heterocycles. The van der Waals surface area contributed by atoms with E-state index in [2.05, 4.69) is 16.0 Å². The highest BCUT2D eigenvalue weighted by Crippen LogP contribution is 2.12. The van der Waals surface area contributed by atoms with Crippen molar-refractivity contribution in [2.24, 2.45) is 11.5 Å². The Balaban J connectivity index is 3.06. The van der Waals surface area contributed by atoms with Crippen molar-refractivity contribution in [3.8, 4) is 5.75 Å². The van der Waals surface area contributed by atoms with E-state index < -0.39 is 72.6 Å². The number of nitrogens with one attached hydrogen (secondary N) is 3. The van der Waals surface area contributed by atoms with Crippen LogP contribution in [0.25, 0.3) is 0 Å². The van der Waals surface area contributed by atoms with Gasteiger partial charge in [-0.25, -0.2) is 0 Å². The Hall–Kier alpha value is -4.20. The average Bonchev–Trinajstić information content (AvgIpc) is 2.77. The molecule has 0 spiro atoms. The van der Waals surface area contributed by atoms with Gasteiger partial charge in [0, 0.05) is 12.8 Å². The molecular weight excluding hydrogens is 466 g/mol. The summed E-state index contributed by atoms with van der Waals surface area (Å²) in [5.74, 6) is -6.24. The summed E-state index contributed by atoms with van der Waals surface area (Å²) in [6.07, 6.45) is -1.41. The number of rotatable bonds is 14. The van der Waals surface area contributed by atoms with Crippen LogP contribution in [0.5, 0.6) is 5.75 Å². The highest BCUT2D eigenvalue weighted by molar-refractivity contribution is 5.96. The van der Waals surface area contributed by atoms with Gasteiger partial charge in [-0.15, -0.1) is 0 Å². The first-order chi connectivity index (χ1) is 16.3. The number of carboxylic acid groups (broad SMARTS) is 2. The summed E-state index contributed by atoms with van der Waals surface area (Å²) in [5.41, 5.74) is 11.3. The van der Waals surface area contributed by atoms with Crippen LogP contribution in [0.4, 0.5) is 0 Å². The van der Waals surface area contributed by atoms with Crippen LogP contribution in [0.15, 0.2) is 24.3 Å². The monoisotopic (exact) mass is 495 g/mol. The van der Waals surface area contributed by atoms with E-state index in [0.717, 1.165) is 0 Å². The van der Waals surface area contributed by atoms with Gasteiger partial charge >= 0.3 is 11.9 Å². The Morgan fingerprint density at radius 1 is 0.886 bits per heavy atom. The summed E-state index contributed by atoms with van der Waals surface area (Å²) in [6, 6.07) is 0.210. The molecule has 0 bridgehead atoms. The lowest BCUT2D eigenvalue weighted by atomic mass is 10.0. The minimum absolute atomic E-state index is 0.0400. The largest absolute Gasteiger partial charge is 0.508 e. The van der Waals surface area contributed by atoms with Gasteiger partial charge in [0.2, 0.25) is 23.6 Å². The van der Waals surface area contributed by atoms with Crippen LogP contribution in [-0.4, -0.2) is 75.1 Å². The van der Waals surface area contributed by atoms with Crippen LogP contribution in [0, 0.1) is 0 Å². The van der Waals surface area contributed by atoms with Crippen molar-refractivity contribution in [2.75, 3.05) is 0 Å². The zero-order valence-corrected chi connectivity index (χ0v) is 18.9. The topological polar surface area (TPSA) is 251 Å². The minimum atomic E-state index is -1.54. The molecule has 4 atom stereocenters. The lowest BCUT2D eigenvalue weighted by Gasteiger charge is -2.24. The molecule has 0 aliphatic rings. The number of phenols is 1. The van der Waals surface area contributed by atoms with E-state index in [0.29, 0.717) is 5.56 Å². The second kappa shape index (κ2) is 13.5. The molecule has 14 nitrogen and oxygen atoms in total. The number of aliphatic carboxylic acids is 2. The second-order valence-corrected chi connectivity index (χ2v) is 7.77. The smallest absolute Gasteiger partial charge is 0.325 e. The molecule has 0 aliphatic carbocycles. The number of primary amides is 1. The quantitative estimate of drug-likeness (QED) is 0.135. The molecule has 0 fully saturated rings. The Morgan fingerprint density at radius 2 is 1.43 bits per heavy atom. The first kappa shape index (κ1) is 28.8. The highest BCUT2D eigenvalue weighted by atomic mass is 16.4. The molecular formula is C21H29N5O9. The Bertz CT molecular complexity index is 951. The zero-order chi connectivity index (χ0) is 26.7. The summed E-state index contributed by atoms with van der Waals surface area (Å²) in [6.45, 7) is 1.22. The van der Waals surface area contributed by atoms with Crippen molar-refractivity contribution in [1.29, 1.82) is 0 Å². The van der Waals surface area contributed by atoms with Crippen LogP contribution in [-0.2, 0) is 35.2 Å². The first-order valence-electron chi connectivity index (χ1n) is 10.5. The Labute approximate surface area is 200 Å². The maximum Gasteiger partial charge on any atom is 0.325 e. The van der Waals surface area contributed by atoms with E-state index in [1.807, 2.05) is 0 Å². The fourth-order valence-corrected chi connectivity index (χ4v) is 2.82. The number of nitrogens with two attached hydrogens (primary N) is 2. The van der Waals surface area contributed by atoms with Gasteiger partial charge in [0.1, 0.15) is 23.9 Å². The fourth-order valence-electron chi connectivity index (χ4n) is 2.82. The van der Waals surface area contributed by atoms with Gasteiger partial charge in [0.25, 0.3) is 0 Å². The molecule has 192 valence electrons. The molecule has 0 aliphatic heterocycles. The summed E-state index contributed by atoms with van der Waals surface area (Å²) in [7, 11) is 0. The normalized spacial score (nSPS) is 14.0. The van der Waals surface area contributed by atoms with Crippen LogP contribution in [0.2, 0.25) is 0 Å². The lowest BCUT2D eigenvalue weighted by Crippen LogP contribution is -2.58. The molecule has 35 heavy (non-hydrogen) atoms. The maximum absolute atomic E-state index is 12.9. The van der Waals surface area contributed by atoms with Gasteiger partial charge in [-0.3, -0.25) is 28.8 Å². The maximum atomic E-state index is 12.9. The van der Waals surface area contributed by atoms with E-state index >= 15 is 0 Å². The zero-order valence-electron chi connectivity index (χ0n) is 18.9. The number of phenolic OH excluding ortho intramolecular Hbond substituents is 1. The van der Waals surface area contributed by atoms with E-state index in [1.165, 1.54) is 31.2 Å². The van der Waals surface area contributed by atoms with Crippen LogP contribution >= 0.6 is 0 Å². The Morgan fingerprint density at radius 3 is 1.94 bits per heavy atom. The molecule has 10 N–H and O–H groups in total. The number of hydrogen-bond donors (Lipinski definition) is 8. The highest BCUT2D eigenvalue weighted by Gasteiger charge is 2.30. The van der Waals surface area contributed by atoms with Crippen LogP contribution in [0.1, 0.15) is 31.7 Å². The van der Waals surface area contributed by atoms with Crippen LogP contribution < -0.4 is 27.4 Å². The SMILES string of the molecule is CC(NC(=O)C(Cc1ccc(O)cc1)NC(=O)C(CC(N)=O)NC(=O)C(N)CCC(=O)O)C(=O)O. The molecule has 0 saturated carbocycles. The summed E-state index contributed by atoms with van der Waals surface area (Å²) < 4.78 is 0. The third kappa shape index (κ3) is 10.5. The number of amides is 4. The summed E-state index contributed by atoms with van der Waals surface area (Å²) in [4.78, 5) is 71.1. The predicted octanol–water partition coefficient (Wildman–Crippen LogP) is -2.44. The van der Waals surface area contributed by atoms with Crippen molar-refractivity contribution in [3.05, 3.63) is 29.8 Å². The van der Waals surface area contributed by atoms with E-state index in [4.69, 9.17) is 21.7 Å². The van der Waals surface area contributed by atoms with E-state index in [-0.39, 0.29) is 18.6 Å². The van der Waals surface area contributed by atoms with Crippen molar-refractivity contribution < 1.29 is 44.1 Å². The number of carbonyl (C=O) groups is 6. The molecule has 14 heteroatoms. The number of carboxylic acids is 2. The second-order valence-electron chi connectivity index (χ2n) is 7.77. The summed E-state index contributed by atoms with van der Waals surface area (Å²) in [5, 5.41) is 34.0. The van der Waals surface area contributed by atoms with Crippen molar-refractivity contribution in [1.82, 2.24) is 16.0 Å². The third-order valence-electron chi connectivity index (χ3n) is 4.78. The molecule has 4 amide bonds. The standard InChI is InChI=1S/C21H29N5O9/c1-10(21(34)35)24-19(32)14(8-11-2-4-12(27)5-3-11)26-20(33)15(9-16(23)28)25-18(31)13(22)6-7-17(29)30/h2-5,10,13-15,27H,6-9,22H2,1H3,(H2,23,28)(H,24,32)(H,25,31)(H,26,33)(H,29,30)(H,34,35). The minimum Gasteiger partial charge on any atom is -0.508 e. The molecule has 1 aromatic rings. The molecule has 0 radical (unpaired) electrons. The molecule has 1 rings (SSSR count).